The molecule has 3 rings (SSSR count). The molecule has 0 radical (unpaired) electrons. The number of aryl methyl sites for hydroxylation is 2. The molecule has 1 atom stereocenters. The van der Waals surface area contributed by atoms with Gasteiger partial charge in [-0.3, -0.25) is 19.7 Å². The number of imide groups is 1. The first kappa shape index (κ1) is 14.8. The number of fused-ring (bicyclic) bond motifs is 1. The van der Waals surface area contributed by atoms with Crippen LogP contribution in [0.25, 0.3) is 0 Å². The molecule has 0 aromatic heterocycles. The molecular formula is C17H20N2O3. The SMILES string of the molecule is O=C1CCC(NC(=O)Cc2ccc3c(c2)CCCC3)C(=O)N1. The normalized spacial score (nSPS) is 21.0. The van der Waals surface area contributed by atoms with Crippen LogP contribution < -0.4 is 10.6 Å². The topological polar surface area (TPSA) is 75.3 Å². The molecule has 1 fully saturated rings. The number of rotatable bonds is 3. The zero-order valence-corrected chi connectivity index (χ0v) is 12.5. The summed E-state index contributed by atoms with van der Waals surface area (Å²) in [5, 5.41) is 4.96. The van der Waals surface area contributed by atoms with Crippen molar-refractivity contribution in [2.75, 3.05) is 0 Å². The Hall–Kier alpha value is -2.17. The van der Waals surface area contributed by atoms with E-state index in [4.69, 9.17) is 0 Å². The van der Waals surface area contributed by atoms with Gasteiger partial charge in [-0.25, -0.2) is 0 Å². The second kappa shape index (κ2) is 6.30. The Morgan fingerprint density at radius 2 is 1.91 bits per heavy atom. The fourth-order valence-electron chi connectivity index (χ4n) is 3.16. The van der Waals surface area contributed by atoms with Crippen molar-refractivity contribution >= 4 is 17.7 Å². The molecule has 5 nitrogen and oxygen atoms in total. The maximum absolute atomic E-state index is 12.1. The Bertz CT molecular complexity index is 624. The van der Waals surface area contributed by atoms with Gasteiger partial charge in [-0.2, -0.15) is 0 Å². The summed E-state index contributed by atoms with van der Waals surface area (Å²) in [4.78, 5) is 34.8. The smallest absolute Gasteiger partial charge is 0.249 e. The quantitative estimate of drug-likeness (QED) is 0.819. The van der Waals surface area contributed by atoms with Crippen molar-refractivity contribution in [2.24, 2.45) is 0 Å². The summed E-state index contributed by atoms with van der Waals surface area (Å²) in [6.07, 6.45) is 5.57. The van der Waals surface area contributed by atoms with Crippen LogP contribution in [0.3, 0.4) is 0 Å². The Labute approximate surface area is 129 Å². The van der Waals surface area contributed by atoms with E-state index in [9.17, 15) is 14.4 Å². The van der Waals surface area contributed by atoms with Crippen LogP contribution in [0.4, 0.5) is 0 Å². The molecule has 0 saturated carbocycles. The summed E-state index contributed by atoms with van der Waals surface area (Å²) in [5.74, 6) is -0.856. The van der Waals surface area contributed by atoms with Gasteiger partial charge in [-0.05, 0) is 48.8 Å². The maximum atomic E-state index is 12.1. The highest BCUT2D eigenvalue weighted by molar-refractivity contribution is 6.01. The van der Waals surface area contributed by atoms with E-state index in [2.05, 4.69) is 22.8 Å². The highest BCUT2D eigenvalue weighted by Crippen LogP contribution is 2.22. The summed E-state index contributed by atoms with van der Waals surface area (Å²) in [6.45, 7) is 0. The van der Waals surface area contributed by atoms with Crippen LogP contribution in [-0.4, -0.2) is 23.8 Å². The van der Waals surface area contributed by atoms with Crippen LogP contribution in [0.1, 0.15) is 42.4 Å². The average Bonchev–Trinajstić information content (AvgIpc) is 2.50. The zero-order valence-electron chi connectivity index (χ0n) is 12.5. The molecule has 116 valence electrons. The zero-order chi connectivity index (χ0) is 15.5. The molecule has 1 unspecified atom stereocenters. The summed E-state index contributed by atoms with van der Waals surface area (Å²) < 4.78 is 0. The van der Waals surface area contributed by atoms with E-state index in [1.54, 1.807) is 0 Å². The number of hydrogen-bond donors (Lipinski definition) is 2. The predicted molar refractivity (Wildman–Crippen MR) is 81.1 cm³/mol. The molecule has 1 saturated heterocycles. The fraction of sp³-hybridized carbons (Fsp3) is 0.471. The van der Waals surface area contributed by atoms with E-state index >= 15 is 0 Å². The van der Waals surface area contributed by atoms with Gasteiger partial charge < -0.3 is 5.32 Å². The third-order valence-electron chi connectivity index (χ3n) is 4.35. The van der Waals surface area contributed by atoms with E-state index < -0.39 is 11.9 Å². The molecule has 1 heterocycles. The molecule has 2 N–H and O–H groups in total. The summed E-state index contributed by atoms with van der Waals surface area (Å²) in [5.41, 5.74) is 3.71. The van der Waals surface area contributed by atoms with Crippen LogP contribution in [0.5, 0.6) is 0 Å². The van der Waals surface area contributed by atoms with Crippen molar-refractivity contribution in [1.29, 1.82) is 0 Å². The third kappa shape index (κ3) is 3.35. The largest absolute Gasteiger partial charge is 0.344 e. The first-order valence-electron chi connectivity index (χ1n) is 7.85. The summed E-state index contributed by atoms with van der Waals surface area (Å²) >= 11 is 0. The van der Waals surface area contributed by atoms with Crippen LogP contribution in [0.15, 0.2) is 18.2 Å². The number of carbonyl (C=O) groups is 3. The van der Waals surface area contributed by atoms with Crippen molar-refractivity contribution in [1.82, 2.24) is 10.6 Å². The van der Waals surface area contributed by atoms with Gasteiger partial charge in [-0.1, -0.05) is 18.2 Å². The standard InChI is InChI=1S/C17H20N2O3/c20-15-8-7-14(17(22)19-15)18-16(21)10-11-5-6-12-3-1-2-4-13(12)9-11/h5-6,9,14H,1-4,7-8,10H2,(H,18,21)(H,19,20,22). The highest BCUT2D eigenvalue weighted by atomic mass is 16.2. The van der Waals surface area contributed by atoms with Gasteiger partial charge >= 0.3 is 0 Å². The molecule has 0 bridgehead atoms. The van der Waals surface area contributed by atoms with Gasteiger partial charge in [0.25, 0.3) is 0 Å². The molecule has 5 heteroatoms. The second-order valence-electron chi connectivity index (χ2n) is 6.06. The maximum Gasteiger partial charge on any atom is 0.249 e. The van der Waals surface area contributed by atoms with Crippen molar-refractivity contribution in [2.45, 2.75) is 51.0 Å². The molecule has 2 aliphatic rings. The molecule has 0 spiro atoms. The Morgan fingerprint density at radius 1 is 1.14 bits per heavy atom. The summed E-state index contributed by atoms with van der Waals surface area (Å²) in [7, 11) is 0. The highest BCUT2D eigenvalue weighted by Gasteiger charge is 2.27. The number of carbonyl (C=O) groups excluding carboxylic acids is 3. The Kier molecular flexibility index (Phi) is 4.22. The number of hydrogen-bond acceptors (Lipinski definition) is 3. The lowest BCUT2D eigenvalue weighted by molar-refractivity contribution is -0.137. The lowest BCUT2D eigenvalue weighted by Crippen LogP contribution is -2.52. The van der Waals surface area contributed by atoms with Gasteiger partial charge in [0.15, 0.2) is 0 Å². The summed E-state index contributed by atoms with van der Waals surface area (Å²) in [6, 6.07) is 5.62. The minimum Gasteiger partial charge on any atom is -0.344 e. The predicted octanol–water partition coefficient (Wildman–Crippen LogP) is 1.03. The monoisotopic (exact) mass is 300 g/mol. The van der Waals surface area contributed by atoms with Crippen molar-refractivity contribution in [3.05, 3.63) is 34.9 Å². The minimum atomic E-state index is -0.595. The Morgan fingerprint density at radius 3 is 2.68 bits per heavy atom. The number of amides is 3. The molecule has 22 heavy (non-hydrogen) atoms. The number of benzene rings is 1. The Balaban J connectivity index is 1.60. The van der Waals surface area contributed by atoms with Gasteiger partial charge in [0, 0.05) is 6.42 Å². The van der Waals surface area contributed by atoms with Gasteiger partial charge in [0.05, 0.1) is 6.42 Å². The van der Waals surface area contributed by atoms with Crippen LogP contribution in [-0.2, 0) is 33.6 Å². The van der Waals surface area contributed by atoms with Gasteiger partial charge in [0.2, 0.25) is 17.7 Å². The second-order valence-corrected chi connectivity index (χ2v) is 6.06. The number of nitrogens with one attached hydrogen (secondary N) is 2. The van der Waals surface area contributed by atoms with E-state index in [-0.39, 0.29) is 24.7 Å². The van der Waals surface area contributed by atoms with E-state index in [1.165, 1.54) is 24.0 Å². The molecule has 1 aromatic carbocycles. The lowest BCUT2D eigenvalue weighted by Gasteiger charge is -2.22. The van der Waals surface area contributed by atoms with Crippen molar-refractivity contribution < 1.29 is 14.4 Å². The minimum absolute atomic E-state index is 0.176. The molecule has 1 aliphatic carbocycles. The first-order chi connectivity index (χ1) is 10.6. The fourth-order valence-corrected chi connectivity index (χ4v) is 3.16. The molecule has 1 aromatic rings. The van der Waals surface area contributed by atoms with E-state index in [0.717, 1.165) is 18.4 Å². The van der Waals surface area contributed by atoms with Crippen LogP contribution in [0, 0.1) is 0 Å². The average molecular weight is 300 g/mol. The van der Waals surface area contributed by atoms with Gasteiger partial charge in [-0.15, -0.1) is 0 Å². The van der Waals surface area contributed by atoms with Crippen molar-refractivity contribution in [3.8, 4) is 0 Å². The van der Waals surface area contributed by atoms with E-state index in [0.29, 0.717) is 6.42 Å². The molecular weight excluding hydrogens is 280 g/mol. The first-order valence-corrected chi connectivity index (χ1v) is 7.85. The number of piperidine rings is 1. The lowest BCUT2D eigenvalue weighted by atomic mass is 9.90. The molecule has 1 aliphatic heterocycles. The third-order valence-corrected chi connectivity index (χ3v) is 4.35. The molecule has 3 amide bonds. The van der Waals surface area contributed by atoms with Crippen LogP contribution in [0.2, 0.25) is 0 Å². The van der Waals surface area contributed by atoms with Gasteiger partial charge in [0.1, 0.15) is 6.04 Å². The van der Waals surface area contributed by atoms with Crippen LogP contribution >= 0.6 is 0 Å². The van der Waals surface area contributed by atoms with E-state index in [1.807, 2.05) is 6.07 Å². The van der Waals surface area contributed by atoms with Crippen molar-refractivity contribution in [3.63, 3.8) is 0 Å².